The Balaban J connectivity index is 1.64. The van der Waals surface area contributed by atoms with Crippen molar-refractivity contribution in [2.45, 2.75) is 50.6 Å². The summed E-state index contributed by atoms with van der Waals surface area (Å²) in [6.45, 7) is 5.90. The number of ether oxygens (including phenoxy) is 1. The molecule has 10 heteroatoms. The highest BCUT2D eigenvalue weighted by atomic mass is 32.2. The minimum atomic E-state index is -3.09. The average Bonchev–Trinajstić information content (AvgIpc) is 3.07. The first-order valence-electron chi connectivity index (χ1n) is 9.78. The lowest BCUT2D eigenvalue weighted by atomic mass is 10.1. The number of fused-ring (bicyclic) bond motifs is 1. The molecular formula is C20H27N3O5S2. The van der Waals surface area contributed by atoms with Gasteiger partial charge in [-0.2, -0.15) is 4.99 Å². The molecule has 0 unspecified atom stereocenters. The molecule has 30 heavy (non-hydrogen) atoms. The molecule has 2 fully saturated rings. The number of rotatable bonds is 5. The van der Waals surface area contributed by atoms with Crippen molar-refractivity contribution in [3.05, 3.63) is 35.9 Å². The molecule has 0 bridgehead atoms. The summed E-state index contributed by atoms with van der Waals surface area (Å²) in [6.07, 6.45) is -0.542. The molecule has 2 heterocycles. The van der Waals surface area contributed by atoms with Gasteiger partial charge in [0.05, 0.1) is 17.5 Å². The van der Waals surface area contributed by atoms with Crippen LogP contribution < -0.4 is 5.32 Å². The number of benzene rings is 1. The number of carbonyl (C=O) groups excluding carboxylic acids is 2. The zero-order valence-corrected chi connectivity index (χ0v) is 19.0. The van der Waals surface area contributed by atoms with Crippen molar-refractivity contribution in [3.63, 3.8) is 0 Å². The maximum absolute atomic E-state index is 12.4. The van der Waals surface area contributed by atoms with E-state index in [0.29, 0.717) is 11.7 Å². The number of alkyl carbamates (subject to hydrolysis) is 1. The van der Waals surface area contributed by atoms with Gasteiger partial charge in [0, 0.05) is 24.8 Å². The molecule has 164 valence electrons. The van der Waals surface area contributed by atoms with Crippen LogP contribution in [0.4, 0.5) is 4.79 Å². The third-order valence-electron chi connectivity index (χ3n) is 4.60. The van der Waals surface area contributed by atoms with E-state index >= 15 is 0 Å². The van der Waals surface area contributed by atoms with Gasteiger partial charge in [-0.25, -0.2) is 13.2 Å². The van der Waals surface area contributed by atoms with E-state index in [0.717, 1.165) is 5.56 Å². The summed E-state index contributed by atoms with van der Waals surface area (Å²) in [6, 6.07) is 9.50. The Morgan fingerprint density at radius 1 is 1.23 bits per heavy atom. The first-order valence-corrected chi connectivity index (χ1v) is 12.5. The van der Waals surface area contributed by atoms with Crippen LogP contribution >= 0.6 is 11.8 Å². The number of hydrogen-bond donors (Lipinski definition) is 1. The van der Waals surface area contributed by atoms with Gasteiger partial charge in [0.15, 0.2) is 15.0 Å². The number of aliphatic imine (C=N–C) groups is 1. The molecule has 1 aromatic rings. The maximum Gasteiger partial charge on any atom is 0.407 e. The van der Waals surface area contributed by atoms with Gasteiger partial charge in [-0.15, -0.1) is 0 Å². The summed E-state index contributed by atoms with van der Waals surface area (Å²) < 4.78 is 29.3. The molecule has 2 atom stereocenters. The fourth-order valence-electron chi connectivity index (χ4n) is 3.35. The molecular weight excluding hydrogens is 426 g/mol. The van der Waals surface area contributed by atoms with Gasteiger partial charge >= 0.3 is 6.09 Å². The van der Waals surface area contributed by atoms with E-state index in [4.69, 9.17) is 4.74 Å². The van der Waals surface area contributed by atoms with Crippen LogP contribution in [-0.2, 0) is 25.9 Å². The summed E-state index contributed by atoms with van der Waals surface area (Å²) in [4.78, 5) is 30.2. The summed E-state index contributed by atoms with van der Waals surface area (Å²) in [7, 11) is -3.09. The number of hydrogen-bond acceptors (Lipinski definition) is 6. The van der Waals surface area contributed by atoms with Gasteiger partial charge in [-0.05, 0) is 26.3 Å². The first kappa shape index (κ1) is 22.6. The fourth-order valence-corrected chi connectivity index (χ4v) is 7.32. The lowest BCUT2D eigenvalue weighted by molar-refractivity contribution is -0.117. The number of sulfone groups is 1. The number of nitrogens with zero attached hydrogens (tertiary/aromatic N) is 2. The second-order valence-electron chi connectivity index (χ2n) is 8.38. The molecule has 0 spiro atoms. The van der Waals surface area contributed by atoms with E-state index in [2.05, 4.69) is 10.3 Å². The zero-order chi connectivity index (χ0) is 21.9. The largest absolute Gasteiger partial charge is 0.444 e. The van der Waals surface area contributed by atoms with Gasteiger partial charge in [0.25, 0.3) is 0 Å². The van der Waals surface area contributed by atoms with E-state index in [9.17, 15) is 18.0 Å². The van der Waals surface area contributed by atoms with Crippen LogP contribution in [0.1, 0.15) is 32.8 Å². The van der Waals surface area contributed by atoms with Gasteiger partial charge in [-0.3, -0.25) is 4.79 Å². The van der Waals surface area contributed by atoms with E-state index in [-0.39, 0.29) is 41.7 Å². The Kier molecular flexibility index (Phi) is 6.76. The quantitative estimate of drug-likeness (QED) is 0.729. The standard InChI is InChI=1S/C20H27N3O5S2/c1-20(2,3)28-19(25)21-10-9-17(24)22-18-23(11-14-7-5-4-6-8-14)15-12-30(26,27)13-16(15)29-18/h4-8,15-16H,9-13H2,1-3H3,(H,21,25)/t15-,16-/m0/s1. The second-order valence-corrected chi connectivity index (χ2v) is 11.7. The predicted molar refractivity (Wildman–Crippen MR) is 117 cm³/mol. The third kappa shape index (κ3) is 6.21. The molecule has 0 aliphatic carbocycles. The molecule has 0 aromatic heterocycles. The minimum Gasteiger partial charge on any atom is -0.444 e. The van der Waals surface area contributed by atoms with Crippen molar-refractivity contribution in [3.8, 4) is 0 Å². The number of nitrogens with one attached hydrogen (secondary N) is 1. The Bertz CT molecular complexity index is 926. The third-order valence-corrected chi connectivity index (χ3v) is 7.85. The Labute approximate surface area is 181 Å². The second kappa shape index (κ2) is 8.97. The van der Waals surface area contributed by atoms with Crippen LogP contribution in [0, 0.1) is 0 Å². The van der Waals surface area contributed by atoms with E-state index in [1.54, 1.807) is 20.8 Å². The van der Waals surface area contributed by atoms with Crippen molar-refractivity contribution in [1.82, 2.24) is 10.2 Å². The Hall–Kier alpha value is -2.07. The van der Waals surface area contributed by atoms with Gasteiger partial charge in [0.1, 0.15) is 5.60 Å². The lowest BCUT2D eigenvalue weighted by Gasteiger charge is -2.24. The minimum absolute atomic E-state index is 0.0378. The van der Waals surface area contributed by atoms with Crippen LogP contribution in [0.5, 0.6) is 0 Å². The molecule has 0 saturated carbocycles. The lowest BCUT2D eigenvalue weighted by Crippen LogP contribution is -2.37. The molecule has 1 N–H and O–H groups in total. The first-order chi connectivity index (χ1) is 14.0. The van der Waals surface area contributed by atoms with E-state index in [1.165, 1.54) is 11.8 Å². The van der Waals surface area contributed by atoms with Crippen LogP contribution in [0.15, 0.2) is 35.3 Å². The average molecular weight is 454 g/mol. The molecule has 8 nitrogen and oxygen atoms in total. The number of thioether (sulfide) groups is 1. The van der Waals surface area contributed by atoms with E-state index < -0.39 is 21.5 Å². The molecule has 0 radical (unpaired) electrons. The number of carbonyl (C=O) groups is 2. The van der Waals surface area contributed by atoms with Crippen LogP contribution in [0.25, 0.3) is 0 Å². The zero-order valence-electron chi connectivity index (χ0n) is 17.3. The summed E-state index contributed by atoms with van der Waals surface area (Å²) in [5.41, 5.74) is 0.417. The van der Waals surface area contributed by atoms with Crippen molar-refractivity contribution >= 4 is 38.8 Å². The van der Waals surface area contributed by atoms with Gasteiger partial charge < -0.3 is 15.0 Å². The topological polar surface area (TPSA) is 105 Å². The smallest absolute Gasteiger partial charge is 0.407 e. The van der Waals surface area contributed by atoms with Gasteiger partial charge in [-0.1, -0.05) is 42.1 Å². The highest BCUT2D eigenvalue weighted by Gasteiger charge is 2.48. The summed E-state index contributed by atoms with van der Waals surface area (Å²) in [5.74, 6) is -0.194. The highest BCUT2D eigenvalue weighted by molar-refractivity contribution is 8.15. The molecule has 2 amide bonds. The number of amidine groups is 1. The summed E-state index contributed by atoms with van der Waals surface area (Å²) in [5, 5.41) is 2.97. The molecule has 2 aliphatic rings. The van der Waals surface area contributed by atoms with Crippen molar-refractivity contribution in [2.24, 2.45) is 4.99 Å². The molecule has 2 saturated heterocycles. The maximum atomic E-state index is 12.4. The molecule has 2 aliphatic heterocycles. The number of amides is 2. The Morgan fingerprint density at radius 2 is 1.93 bits per heavy atom. The monoisotopic (exact) mass is 453 g/mol. The normalized spacial score (nSPS) is 24.0. The molecule has 3 rings (SSSR count). The van der Waals surface area contributed by atoms with E-state index in [1.807, 2.05) is 35.2 Å². The van der Waals surface area contributed by atoms with Crippen LogP contribution in [0.2, 0.25) is 0 Å². The fraction of sp³-hybridized carbons (Fsp3) is 0.550. The van der Waals surface area contributed by atoms with Crippen molar-refractivity contribution < 1.29 is 22.7 Å². The molecule has 1 aromatic carbocycles. The van der Waals surface area contributed by atoms with Gasteiger partial charge in [0.2, 0.25) is 5.91 Å². The van der Waals surface area contributed by atoms with Crippen molar-refractivity contribution in [2.75, 3.05) is 18.1 Å². The van der Waals surface area contributed by atoms with Crippen molar-refractivity contribution in [1.29, 1.82) is 0 Å². The SMILES string of the molecule is CC(C)(C)OC(=O)NCCC(=O)N=C1S[C@H]2CS(=O)(=O)C[C@@H]2N1Cc1ccccc1. The highest BCUT2D eigenvalue weighted by Crippen LogP contribution is 2.39. The van der Waals surface area contributed by atoms with Crippen LogP contribution in [0.3, 0.4) is 0 Å². The van der Waals surface area contributed by atoms with Crippen LogP contribution in [-0.4, -0.2) is 65.4 Å². The summed E-state index contributed by atoms with van der Waals surface area (Å²) >= 11 is 1.35. The Morgan fingerprint density at radius 3 is 2.60 bits per heavy atom. The predicted octanol–water partition coefficient (Wildman–Crippen LogP) is 2.20.